The largest absolute Gasteiger partial charge is 0.361 e. The summed E-state index contributed by atoms with van der Waals surface area (Å²) in [5.74, 6) is -0.519. The summed E-state index contributed by atoms with van der Waals surface area (Å²) in [5, 5.41) is 4.05. The minimum Gasteiger partial charge on any atom is -0.361 e. The van der Waals surface area contributed by atoms with Crippen molar-refractivity contribution in [3.8, 4) is 0 Å². The molecule has 1 fully saturated rings. The fourth-order valence-electron chi connectivity index (χ4n) is 3.22. The van der Waals surface area contributed by atoms with Crippen LogP contribution in [0.2, 0.25) is 5.02 Å². The van der Waals surface area contributed by atoms with Crippen LogP contribution in [0, 0.1) is 0 Å². The molecule has 0 spiro atoms. The lowest BCUT2D eigenvalue weighted by Gasteiger charge is -2.13. The summed E-state index contributed by atoms with van der Waals surface area (Å²) in [4.78, 5) is 41.7. The van der Waals surface area contributed by atoms with Crippen molar-refractivity contribution < 1.29 is 14.4 Å². The highest BCUT2D eigenvalue weighted by molar-refractivity contribution is 8.18. The average Bonchev–Trinajstić information content (AvgIpc) is 3.25. The second-order valence-corrected chi connectivity index (χ2v) is 8.20. The van der Waals surface area contributed by atoms with Crippen molar-refractivity contribution in [3.05, 3.63) is 75.8 Å². The van der Waals surface area contributed by atoms with Gasteiger partial charge in [0.2, 0.25) is 5.91 Å². The van der Waals surface area contributed by atoms with E-state index in [2.05, 4.69) is 10.3 Å². The van der Waals surface area contributed by atoms with Crippen LogP contribution < -0.4 is 5.32 Å². The molecule has 152 valence electrons. The Morgan fingerprint density at radius 1 is 1.13 bits per heavy atom. The minimum absolute atomic E-state index is 0.127. The highest BCUT2D eigenvalue weighted by Gasteiger charge is 2.34. The van der Waals surface area contributed by atoms with E-state index in [1.165, 1.54) is 0 Å². The van der Waals surface area contributed by atoms with Crippen LogP contribution >= 0.6 is 23.4 Å². The van der Waals surface area contributed by atoms with Gasteiger partial charge in [0.1, 0.15) is 0 Å². The number of amides is 3. The first-order valence-corrected chi connectivity index (χ1v) is 10.5. The Balaban J connectivity index is 1.32. The lowest BCUT2D eigenvalue weighted by Crippen LogP contribution is -2.37. The summed E-state index contributed by atoms with van der Waals surface area (Å²) in [6.07, 6.45) is 3.71. The lowest BCUT2D eigenvalue weighted by molar-refractivity contribution is -0.124. The molecule has 6 nitrogen and oxygen atoms in total. The molecule has 1 aromatic heterocycles. The van der Waals surface area contributed by atoms with E-state index < -0.39 is 0 Å². The van der Waals surface area contributed by atoms with Gasteiger partial charge in [-0.2, -0.15) is 0 Å². The maximum Gasteiger partial charge on any atom is 0.293 e. The summed E-state index contributed by atoms with van der Waals surface area (Å²) in [5.41, 5.74) is 2.67. The number of rotatable bonds is 6. The van der Waals surface area contributed by atoms with Gasteiger partial charge in [-0.3, -0.25) is 19.3 Å². The number of para-hydroxylation sites is 1. The molecular weight excluding hydrogens is 422 g/mol. The molecule has 2 aromatic carbocycles. The highest BCUT2D eigenvalue weighted by Crippen LogP contribution is 2.32. The third-order valence-electron chi connectivity index (χ3n) is 4.72. The first-order valence-electron chi connectivity index (χ1n) is 9.34. The van der Waals surface area contributed by atoms with Gasteiger partial charge < -0.3 is 10.3 Å². The Bertz CT molecular complexity index is 1150. The van der Waals surface area contributed by atoms with Crippen molar-refractivity contribution in [1.29, 1.82) is 0 Å². The number of thioether (sulfide) groups is 1. The summed E-state index contributed by atoms with van der Waals surface area (Å²) >= 11 is 6.76. The van der Waals surface area contributed by atoms with E-state index in [1.54, 1.807) is 30.3 Å². The Labute approximate surface area is 182 Å². The van der Waals surface area contributed by atoms with Crippen LogP contribution in [0.25, 0.3) is 17.0 Å². The number of aromatic nitrogens is 1. The first kappa shape index (κ1) is 20.3. The number of nitrogens with zero attached hydrogens (tertiary/aromatic N) is 1. The van der Waals surface area contributed by atoms with Crippen molar-refractivity contribution in [2.24, 2.45) is 0 Å². The van der Waals surface area contributed by atoms with Crippen LogP contribution in [0.3, 0.4) is 0 Å². The molecule has 0 saturated carbocycles. The molecule has 3 amide bonds. The van der Waals surface area contributed by atoms with Crippen LogP contribution in [0.4, 0.5) is 4.79 Å². The molecule has 0 unspecified atom stereocenters. The molecule has 2 N–H and O–H groups in total. The topological polar surface area (TPSA) is 82.3 Å². The van der Waals surface area contributed by atoms with Gasteiger partial charge in [-0.1, -0.05) is 41.9 Å². The number of carbonyl (C=O) groups is 3. The molecule has 30 heavy (non-hydrogen) atoms. The van der Waals surface area contributed by atoms with Crippen molar-refractivity contribution in [2.75, 3.05) is 13.1 Å². The number of imide groups is 1. The molecule has 4 rings (SSSR count). The fraction of sp³-hybridized carbons (Fsp3) is 0.136. The predicted molar refractivity (Wildman–Crippen MR) is 119 cm³/mol. The van der Waals surface area contributed by atoms with Crippen LogP contribution in [0.15, 0.2) is 59.6 Å². The summed E-state index contributed by atoms with van der Waals surface area (Å²) in [6.45, 7) is 0.329. The molecule has 0 atom stereocenters. The zero-order valence-electron chi connectivity index (χ0n) is 15.9. The number of halogens is 1. The number of fused-ring (bicyclic) bond motifs is 1. The lowest BCUT2D eigenvalue weighted by atomic mass is 10.1. The fourth-order valence-corrected chi connectivity index (χ4v) is 4.21. The van der Waals surface area contributed by atoms with E-state index in [-0.39, 0.29) is 36.6 Å². The van der Waals surface area contributed by atoms with Crippen LogP contribution in [-0.4, -0.2) is 40.0 Å². The monoisotopic (exact) mass is 439 g/mol. The average molecular weight is 440 g/mol. The number of benzene rings is 2. The number of hydrogen-bond acceptors (Lipinski definition) is 4. The van der Waals surface area contributed by atoms with Crippen LogP contribution in [0.5, 0.6) is 0 Å². The molecule has 1 aliphatic heterocycles. The van der Waals surface area contributed by atoms with Gasteiger partial charge >= 0.3 is 0 Å². The van der Waals surface area contributed by atoms with Crippen molar-refractivity contribution in [3.63, 3.8) is 0 Å². The molecule has 1 saturated heterocycles. The van der Waals surface area contributed by atoms with Crippen molar-refractivity contribution in [1.82, 2.24) is 15.2 Å². The summed E-state index contributed by atoms with van der Waals surface area (Å²) < 4.78 is 0. The predicted octanol–water partition coefficient (Wildman–Crippen LogP) is 4.22. The maximum atomic E-state index is 12.5. The van der Waals surface area contributed by atoms with E-state index in [1.807, 2.05) is 30.5 Å². The molecule has 0 aliphatic carbocycles. The number of carbonyl (C=O) groups excluding carboxylic acids is 3. The zero-order valence-corrected chi connectivity index (χ0v) is 17.4. The Morgan fingerprint density at radius 2 is 1.90 bits per heavy atom. The van der Waals surface area contributed by atoms with E-state index in [9.17, 15) is 14.4 Å². The van der Waals surface area contributed by atoms with Crippen molar-refractivity contribution in [2.45, 2.75) is 6.42 Å². The Kier molecular flexibility index (Phi) is 5.92. The number of H-pyrrole nitrogens is 1. The van der Waals surface area contributed by atoms with Gasteiger partial charge in [0.15, 0.2) is 0 Å². The van der Waals surface area contributed by atoms with Gasteiger partial charge in [0.05, 0.1) is 11.3 Å². The van der Waals surface area contributed by atoms with Gasteiger partial charge in [-0.15, -0.1) is 0 Å². The van der Waals surface area contributed by atoms with Gasteiger partial charge in [-0.25, -0.2) is 0 Å². The minimum atomic E-state index is -0.356. The quantitative estimate of drug-likeness (QED) is 0.563. The molecule has 1 aliphatic rings. The van der Waals surface area contributed by atoms with E-state index >= 15 is 0 Å². The van der Waals surface area contributed by atoms with Crippen LogP contribution in [0.1, 0.15) is 11.1 Å². The number of aromatic amines is 1. The Hall–Kier alpha value is -3.03. The second-order valence-electron chi connectivity index (χ2n) is 6.77. The number of nitrogens with one attached hydrogen (secondary N) is 2. The molecule has 0 radical (unpaired) electrons. The van der Waals surface area contributed by atoms with E-state index in [0.29, 0.717) is 9.93 Å². The maximum absolute atomic E-state index is 12.5. The third kappa shape index (κ3) is 4.42. The zero-order chi connectivity index (χ0) is 21.1. The molecule has 0 bridgehead atoms. The molecule has 8 heteroatoms. The summed E-state index contributed by atoms with van der Waals surface area (Å²) in [7, 11) is 0. The van der Waals surface area contributed by atoms with Gasteiger partial charge in [0.25, 0.3) is 11.1 Å². The Morgan fingerprint density at radius 3 is 2.70 bits per heavy atom. The third-order valence-corrected chi connectivity index (χ3v) is 5.88. The van der Waals surface area contributed by atoms with Crippen molar-refractivity contribution >= 4 is 57.4 Å². The molecule has 3 aromatic rings. The number of hydrogen-bond donors (Lipinski definition) is 2. The first-order chi connectivity index (χ1) is 14.5. The van der Waals surface area contributed by atoms with Gasteiger partial charge in [0, 0.05) is 35.2 Å². The van der Waals surface area contributed by atoms with E-state index in [0.717, 1.165) is 38.7 Å². The van der Waals surface area contributed by atoms with Crippen LogP contribution in [-0.2, 0) is 16.0 Å². The highest BCUT2D eigenvalue weighted by atomic mass is 35.5. The van der Waals surface area contributed by atoms with E-state index in [4.69, 9.17) is 11.6 Å². The molecular formula is C22H18ClN3O3S. The second kappa shape index (κ2) is 8.77. The standard InChI is InChI=1S/C22H18ClN3O3S/c23-16-7-5-14(6-8-16)11-19-21(28)26(22(29)30-19)10-9-24-20(27)12-15-13-25-18-4-2-1-3-17(15)18/h1-8,11,13,25H,9-10,12H2,(H,24,27)/b19-11-. The normalized spacial score (nSPS) is 15.4. The molecule has 2 heterocycles. The van der Waals surface area contributed by atoms with Gasteiger partial charge in [-0.05, 0) is 47.2 Å². The summed E-state index contributed by atoms with van der Waals surface area (Å²) in [6, 6.07) is 14.8. The SMILES string of the molecule is O=C(Cc1c[nH]c2ccccc12)NCCN1C(=O)S/C(=C\c2ccc(Cl)cc2)C1=O. The smallest absolute Gasteiger partial charge is 0.293 e.